The lowest BCUT2D eigenvalue weighted by atomic mass is 10.1. The molecule has 20 heavy (non-hydrogen) atoms. The Morgan fingerprint density at radius 3 is 2.55 bits per heavy atom. The zero-order chi connectivity index (χ0) is 14.8. The van der Waals surface area contributed by atoms with Gasteiger partial charge in [-0.2, -0.15) is 0 Å². The highest BCUT2D eigenvalue weighted by Crippen LogP contribution is 2.28. The lowest BCUT2D eigenvalue weighted by Gasteiger charge is -2.32. The van der Waals surface area contributed by atoms with Crippen molar-refractivity contribution in [3.63, 3.8) is 0 Å². The predicted molar refractivity (Wildman–Crippen MR) is 77.1 cm³/mol. The number of fused-ring (bicyclic) bond motifs is 1. The van der Waals surface area contributed by atoms with Gasteiger partial charge in [-0.15, -0.1) is 0 Å². The lowest BCUT2D eigenvalue weighted by Crippen LogP contribution is -2.49. The first kappa shape index (κ1) is 14.5. The highest BCUT2D eigenvalue weighted by molar-refractivity contribution is 7.81. The van der Waals surface area contributed by atoms with Crippen LogP contribution in [0, 0.1) is 0 Å². The number of aliphatic carboxylic acids is 1. The summed E-state index contributed by atoms with van der Waals surface area (Å²) in [6.45, 7) is 1.52. The molecule has 5 nitrogen and oxygen atoms in total. The molecule has 0 heterocycles. The summed E-state index contributed by atoms with van der Waals surface area (Å²) in [6, 6.07) is 12.7. The van der Waals surface area contributed by atoms with Crippen LogP contribution >= 0.6 is 0 Å². The Bertz CT molecular complexity index is 652. The third kappa shape index (κ3) is 2.39. The maximum absolute atomic E-state index is 11.4. The summed E-state index contributed by atoms with van der Waals surface area (Å²) in [6.07, 6.45) is -0.0817. The Hall–Kier alpha value is -1.92. The van der Waals surface area contributed by atoms with Gasteiger partial charge < -0.3 is 15.0 Å². The molecule has 0 aliphatic carbocycles. The van der Waals surface area contributed by atoms with Gasteiger partial charge in [-0.25, -0.2) is 4.79 Å². The molecule has 2 rings (SSSR count). The van der Waals surface area contributed by atoms with Crippen molar-refractivity contribution in [3.8, 4) is 0 Å². The molecule has 0 aliphatic heterocycles. The molecule has 0 aromatic heterocycles. The van der Waals surface area contributed by atoms with Crippen LogP contribution in [0.5, 0.6) is 0 Å². The molecule has 2 atom stereocenters. The second-order valence-corrected chi connectivity index (χ2v) is 5.54. The van der Waals surface area contributed by atoms with Gasteiger partial charge in [-0.3, -0.25) is 4.21 Å². The second-order valence-electron chi connectivity index (χ2n) is 4.37. The van der Waals surface area contributed by atoms with E-state index < -0.39 is 21.9 Å². The minimum Gasteiger partial charge on any atom is -0.770 e. The monoisotopic (exact) mass is 292 g/mol. The van der Waals surface area contributed by atoms with Crippen molar-refractivity contribution in [2.45, 2.75) is 18.2 Å². The average molecular weight is 292 g/mol. The normalized spacial score (nSPS) is 15.5. The van der Waals surface area contributed by atoms with Crippen LogP contribution in [-0.2, 0) is 15.9 Å². The van der Waals surface area contributed by atoms with E-state index in [2.05, 4.69) is 5.32 Å². The Labute approximate surface area is 118 Å². The molecule has 6 heteroatoms. The molecule has 0 fully saturated rings. The zero-order valence-corrected chi connectivity index (χ0v) is 11.6. The van der Waals surface area contributed by atoms with Gasteiger partial charge in [0.15, 0.2) is 4.87 Å². The molecule has 0 amide bonds. The third-order valence-corrected chi connectivity index (χ3v) is 4.39. The van der Waals surface area contributed by atoms with Crippen molar-refractivity contribution in [3.05, 3.63) is 42.5 Å². The van der Waals surface area contributed by atoms with E-state index in [0.717, 1.165) is 10.8 Å². The maximum Gasteiger partial charge on any atom is 0.341 e. The van der Waals surface area contributed by atoms with Gasteiger partial charge in [-0.05, 0) is 29.0 Å². The maximum atomic E-state index is 11.4. The highest BCUT2D eigenvalue weighted by atomic mass is 32.2. The van der Waals surface area contributed by atoms with E-state index in [4.69, 9.17) is 0 Å². The Kier molecular flexibility index (Phi) is 4.06. The summed E-state index contributed by atoms with van der Waals surface area (Å²) >= 11 is -2.80. The Morgan fingerprint density at radius 2 is 1.95 bits per heavy atom. The van der Waals surface area contributed by atoms with Crippen molar-refractivity contribution >= 4 is 33.5 Å². The van der Waals surface area contributed by atoms with Gasteiger partial charge in [0.05, 0.1) is 0 Å². The van der Waals surface area contributed by atoms with Gasteiger partial charge in [0.2, 0.25) is 0 Å². The summed E-state index contributed by atoms with van der Waals surface area (Å²) < 4.78 is 22.8. The smallest absolute Gasteiger partial charge is 0.341 e. The van der Waals surface area contributed by atoms with Crippen LogP contribution in [0.2, 0.25) is 0 Å². The molecular formula is C14H14NO4S-. The largest absolute Gasteiger partial charge is 0.770 e. The van der Waals surface area contributed by atoms with Crippen molar-refractivity contribution < 1.29 is 18.7 Å². The summed E-state index contributed by atoms with van der Waals surface area (Å²) in [5, 5.41) is 13.6. The van der Waals surface area contributed by atoms with E-state index in [0.29, 0.717) is 5.69 Å². The van der Waals surface area contributed by atoms with E-state index >= 15 is 0 Å². The van der Waals surface area contributed by atoms with Crippen LogP contribution in [0.4, 0.5) is 5.69 Å². The molecule has 0 saturated carbocycles. The summed E-state index contributed by atoms with van der Waals surface area (Å²) in [4.78, 5) is 9.36. The fourth-order valence-electron chi connectivity index (χ4n) is 2.08. The minimum atomic E-state index is -2.80. The minimum absolute atomic E-state index is 0.0817. The van der Waals surface area contributed by atoms with Crippen molar-refractivity contribution in [2.24, 2.45) is 0 Å². The Balaban J connectivity index is 2.54. The number of nitrogens with one attached hydrogen (secondary N) is 1. The van der Waals surface area contributed by atoms with Crippen LogP contribution in [0.15, 0.2) is 42.5 Å². The van der Waals surface area contributed by atoms with Gasteiger partial charge in [0.25, 0.3) is 0 Å². The first-order valence-electron chi connectivity index (χ1n) is 6.10. The number of hydrogen-bond donors (Lipinski definition) is 2. The molecule has 2 aromatic rings. The molecule has 0 saturated heterocycles. The molecule has 0 aliphatic rings. The van der Waals surface area contributed by atoms with Crippen LogP contribution in [-0.4, -0.2) is 24.7 Å². The number of carboxylic acid groups (broad SMARTS) is 1. The molecular weight excluding hydrogens is 278 g/mol. The number of carboxylic acids is 1. The molecule has 0 spiro atoms. The van der Waals surface area contributed by atoms with E-state index in [1.165, 1.54) is 6.92 Å². The Morgan fingerprint density at radius 1 is 1.30 bits per heavy atom. The number of anilines is 1. The van der Waals surface area contributed by atoms with E-state index in [1.807, 2.05) is 30.3 Å². The fraction of sp³-hybridized carbons (Fsp3) is 0.214. The fourth-order valence-corrected chi connectivity index (χ4v) is 2.65. The van der Waals surface area contributed by atoms with Gasteiger partial charge >= 0.3 is 5.97 Å². The molecule has 0 radical (unpaired) electrons. The van der Waals surface area contributed by atoms with Crippen LogP contribution in [0.25, 0.3) is 10.8 Å². The third-order valence-electron chi connectivity index (χ3n) is 3.25. The quantitative estimate of drug-likeness (QED) is 0.825. The van der Waals surface area contributed by atoms with Gasteiger partial charge in [-0.1, -0.05) is 43.3 Å². The standard InChI is InChI=1S/C14H15NO4S/c1-2-14(13(16)17,20(18)19)15-12-9-5-7-10-6-3-4-8-11(10)12/h3-9,15H,2H2,1H3,(H,16,17)(H,18,19)/p-1/t14-/m1/s1. The van der Waals surface area contributed by atoms with Gasteiger partial charge in [0, 0.05) is 11.1 Å². The molecule has 106 valence electrons. The van der Waals surface area contributed by atoms with Crippen molar-refractivity contribution in [2.75, 3.05) is 5.32 Å². The number of benzene rings is 2. The number of carbonyl (C=O) groups is 1. The van der Waals surface area contributed by atoms with E-state index in [9.17, 15) is 18.7 Å². The SMILES string of the molecule is CC[C@](Nc1cccc2ccccc12)(C(=O)O)S(=O)[O-]. The summed E-state index contributed by atoms with van der Waals surface area (Å²) in [5.41, 5.74) is 0.483. The first-order chi connectivity index (χ1) is 9.51. The first-order valence-corrected chi connectivity index (χ1v) is 7.17. The summed E-state index contributed by atoms with van der Waals surface area (Å²) in [7, 11) is 0. The van der Waals surface area contributed by atoms with Crippen LogP contribution in [0.1, 0.15) is 13.3 Å². The van der Waals surface area contributed by atoms with E-state index in [1.54, 1.807) is 12.1 Å². The van der Waals surface area contributed by atoms with Gasteiger partial charge in [0.1, 0.15) is 0 Å². The van der Waals surface area contributed by atoms with Crippen molar-refractivity contribution in [1.29, 1.82) is 0 Å². The second kappa shape index (κ2) is 5.60. The molecule has 0 bridgehead atoms. The topological polar surface area (TPSA) is 89.5 Å². The van der Waals surface area contributed by atoms with E-state index in [-0.39, 0.29) is 6.42 Å². The molecule has 1 unspecified atom stereocenters. The lowest BCUT2D eigenvalue weighted by molar-refractivity contribution is -0.139. The van der Waals surface area contributed by atoms with Crippen LogP contribution in [0.3, 0.4) is 0 Å². The zero-order valence-electron chi connectivity index (χ0n) is 10.8. The summed E-state index contributed by atoms with van der Waals surface area (Å²) in [5.74, 6) is -1.42. The van der Waals surface area contributed by atoms with Crippen LogP contribution < -0.4 is 5.32 Å². The average Bonchev–Trinajstić information content (AvgIpc) is 2.44. The van der Waals surface area contributed by atoms with Crippen molar-refractivity contribution in [1.82, 2.24) is 0 Å². The number of rotatable bonds is 5. The molecule has 2 N–H and O–H groups in total. The predicted octanol–water partition coefficient (Wildman–Crippen LogP) is 2.32. The molecule has 2 aromatic carbocycles. The highest BCUT2D eigenvalue weighted by Gasteiger charge is 2.38. The number of hydrogen-bond acceptors (Lipinski definition) is 4.